The van der Waals surface area contributed by atoms with Gasteiger partial charge >= 0.3 is 0 Å². The molecule has 0 atom stereocenters. The monoisotopic (exact) mass is 258 g/mol. The Hall–Kier alpha value is -1.97. The average Bonchev–Trinajstić information content (AvgIpc) is 2.36. The summed E-state index contributed by atoms with van der Waals surface area (Å²) in [5.74, 6) is -0.134. The van der Waals surface area contributed by atoms with Gasteiger partial charge in [0.2, 0.25) is 0 Å². The normalized spacial score (nSPS) is 22.9. The molecule has 4 heteroatoms. The van der Waals surface area contributed by atoms with Crippen molar-refractivity contribution in [3.8, 4) is 0 Å². The van der Waals surface area contributed by atoms with Crippen LogP contribution in [0.25, 0.3) is 0 Å². The first-order chi connectivity index (χ1) is 9.02. The molecule has 0 bridgehead atoms. The Labute approximate surface area is 112 Å². The lowest BCUT2D eigenvalue weighted by atomic mass is 9.75. The van der Waals surface area contributed by atoms with Crippen LogP contribution in [0.1, 0.15) is 32.3 Å². The number of nitrogens with zero attached hydrogens (tertiary/aromatic N) is 2. The third kappa shape index (κ3) is 3.28. The minimum absolute atomic E-state index is 0.121. The molecule has 100 valence electrons. The summed E-state index contributed by atoms with van der Waals surface area (Å²) in [6.45, 7) is 4.55. The Morgan fingerprint density at radius 3 is 2.53 bits per heavy atom. The second-order valence-corrected chi connectivity index (χ2v) is 5.64. The largest absolute Gasteiger partial charge is 0.410 e. The highest BCUT2D eigenvalue weighted by Gasteiger charge is 2.35. The van der Waals surface area contributed by atoms with Crippen LogP contribution in [-0.2, 0) is 11.3 Å². The van der Waals surface area contributed by atoms with Gasteiger partial charge in [0.15, 0.2) is 11.5 Å². The van der Waals surface area contributed by atoms with E-state index in [-0.39, 0.29) is 16.9 Å². The molecule has 1 aromatic carbocycles. The summed E-state index contributed by atoms with van der Waals surface area (Å²) in [5.41, 5.74) is 1.67. The highest BCUT2D eigenvalue weighted by atomic mass is 16.4. The molecule has 1 aromatic rings. The highest BCUT2D eigenvalue weighted by Crippen LogP contribution is 2.31. The topological polar surface area (TPSA) is 62.0 Å². The summed E-state index contributed by atoms with van der Waals surface area (Å²) < 4.78 is 0. The number of Topliss-reactive ketones (excluding diaryl/α,β-unsaturated/α-hetero) is 1. The van der Waals surface area contributed by atoms with E-state index in [4.69, 9.17) is 5.21 Å². The highest BCUT2D eigenvalue weighted by molar-refractivity contribution is 6.68. The summed E-state index contributed by atoms with van der Waals surface area (Å²) in [4.78, 5) is 16.3. The van der Waals surface area contributed by atoms with Gasteiger partial charge in [-0.1, -0.05) is 49.3 Å². The molecular formula is C15H18N2O2. The Bertz CT molecular complexity index is 530. The fraction of sp³-hybridized carbons (Fsp3) is 0.400. The van der Waals surface area contributed by atoms with Gasteiger partial charge in [0.1, 0.15) is 0 Å². The van der Waals surface area contributed by atoms with Crippen LogP contribution < -0.4 is 0 Å². The summed E-state index contributed by atoms with van der Waals surface area (Å²) in [6.07, 6.45) is 1.06. The van der Waals surface area contributed by atoms with Crippen LogP contribution in [0.2, 0.25) is 0 Å². The van der Waals surface area contributed by atoms with E-state index in [0.29, 0.717) is 25.1 Å². The van der Waals surface area contributed by atoms with Crippen molar-refractivity contribution in [2.75, 3.05) is 0 Å². The van der Waals surface area contributed by atoms with Crippen molar-refractivity contribution in [1.29, 1.82) is 0 Å². The molecule has 1 fully saturated rings. The summed E-state index contributed by atoms with van der Waals surface area (Å²) in [6, 6.07) is 9.81. The van der Waals surface area contributed by atoms with Gasteiger partial charge in [0.05, 0.1) is 12.3 Å². The quantitative estimate of drug-likeness (QED) is 0.655. The Morgan fingerprint density at radius 1 is 1.21 bits per heavy atom. The molecule has 4 nitrogen and oxygen atoms in total. The number of aliphatic imine (C=N–C) groups is 1. The molecule has 0 heterocycles. The van der Waals surface area contributed by atoms with Gasteiger partial charge in [0.25, 0.3) is 0 Å². The molecule has 0 unspecified atom stereocenters. The van der Waals surface area contributed by atoms with Crippen molar-refractivity contribution in [3.63, 3.8) is 0 Å². The number of carbonyl (C=O) groups excluding carboxylic acids is 1. The van der Waals surface area contributed by atoms with Gasteiger partial charge in [-0.15, -0.1) is 0 Å². The zero-order valence-corrected chi connectivity index (χ0v) is 11.3. The SMILES string of the molecule is CC1(C)CC(=O)/C(=N\O)C(=NCc2ccccc2)C1. The minimum Gasteiger partial charge on any atom is -0.410 e. The van der Waals surface area contributed by atoms with Crippen molar-refractivity contribution >= 4 is 17.2 Å². The molecule has 0 aromatic heterocycles. The van der Waals surface area contributed by atoms with Crippen molar-refractivity contribution in [1.82, 2.24) is 0 Å². The maximum atomic E-state index is 11.9. The average molecular weight is 258 g/mol. The van der Waals surface area contributed by atoms with Crippen LogP contribution in [0.4, 0.5) is 0 Å². The minimum atomic E-state index is -0.134. The number of hydrogen-bond donors (Lipinski definition) is 1. The molecular weight excluding hydrogens is 240 g/mol. The molecule has 2 rings (SSSR count). The van der Waals surface area contributed by atoms with Gasteiger partial charge in [-0.25, -0.2) is 0 Å². The molecule has 0 spiro atoms. The summed E-state index contributed by atoms with van der Waals surface area (Å²) >= 11 is 0. The number of hydrogen-bond acceptors (Lipinski definition) is 4. The molecule has 1 aliphatic carbocycles. The van der Waals surface area contributed by atoms with E-state index in [0.717, 1.165) is 5.56 Å². The molecule has 0 aliphatic heterocycles. The predicted octanol–water partition coefficient (Wildman–Crippen LogP) is 2.85. The van der Waals surface area contributed by atoms with E-state index < -0.39 is 0 Å². The smallest absolute Gasteiger partial charge is 0.186 e. The second kappa shape index (κ2) is 5.34. The van der Waals surface area contributed by atoms with Gasteiger partial charge in [-0.2, -0.15) is 0 Å². The van der Waals surface area contributed by atoms with Crippen molar-refractivity contribution in [2.24, 2.45) is 15.6 Å². The number of rotatable bonds is 2. The second-order valence-electron chi connectivity index (χ2n) is 5.64. The lowest BCUT2D eigenvalue weighted by Gasteiger charge is -2.29. The van der Waals surface area contributed by atoms with Gasteiger partial charge in [-0.05, 0) is 17.4 Å². The van der Waals surface area contributed by atoms with Crippen LogP contribution in [0, 0.1) is 5.41 Å². The first-order valence-corrected chi connectivity index (χ1v) is 6.35. The van der Waals surface area contributed by atoms with Crippen LogP contribution in [0.15, 0.2) is 40.5 Å². The number of benzene rings is 1. The number of ketones is 1. The van der Waals surface area contributed by atoms with E-state index in [1.54, 1.807) is 0 Å². The van der Waals surface area contributed by atoms with Crippen LogP contribution >= 0.6 is 0 Å². The molecule has 0 saturated heterocycles. The van der Waals surface area contributed by atoms with Crippen molar-refractivity contribution in [2.45, 2.75) is 33.2 Å². The van der Waals surface area contributed by atoms with Gasteiger partial charge in [0, 0.05) is 6.42 Å². The van der Waals surface area contributed by atoms with Crippen molar-refractivity contribution in [3.05, 3.63) is 35.9 Å². The Balaban J connectivity index is 2.22. The fourth-order valence-electron chi connectivity index (χ4n) is 2.29. The zero-order chi connectivity index (χ0) is 13.9. The number of carbonyl (C=O) groups is 1. The van der Waals surface area contributed by atoms with Gasteiger partial charge < -0.3 is 5.21 Å². The first-order valence-electron chi connectivity index (χ1n) is 6.35. The van der Waals surface area contributed by atoms with E-state index in [9.17, 15) is 4.79 Å². The van der Waals surface area contributed by atoms with E-state index in [1.807, 2.05) is 44.2 Å². The van der Waals surface area contributed by atoms with E-state index >= 15 is 0 Å². The van der Waals surface area contributed by atoms with E-state index in [2.05, 4.69) is 10.1 Å². The Kier molecular flexibility index (Phi) is 3.79. The maximum Gasteiger partial charge on any atom is 0.186 e. The van der Waals surface area contributed by atoms with Gasteiger partial charge in [-0.3, -0.25) is 9.79 Å². The van der Waals surface area contributed by atoms with Crippen LogP contribution in [-0.4, -0.2) is 22.4 Å². The predicted molar refractivity (Wildman–Crippen MR) is 74.8 cm³/mol. The molecule has 1 aliphatic rings. The molecule has 0 amide bonds. The van der Waals surface area contributed by atoms with Crippen LogP contribution in [0.5, 0.6) is 0 Å². The van der Waals surface area contributed by atoms with E-state index in [1.165, 1.54) is 0 Å². The molecule has 19 heavy (non-hydrogen) atoms. The van der Waals surface area contributed by atoms with Crippen molar-refractivity contribution < 1.29 is 10.0 Å². The number of oxime groups is 1. The fourth-order valence-corrected chi connectivity index (χ4v) is 2.29. The third-order valence-electron chi connectivity index (χ3n) is 3.22. The van der Waals surface area contributed by atoms with Crippen LogP contribution in [0.3, 0.4) is 0 Å². The molecule has 0 radical (unpaired) electrons. The summed E-state index contributed by atoms with van der Waals surface area (Å²) in [5, 5.41) is 12.1. The Morgan fingerprint density at radius 2 is 1.89 bits per heavy atom. The first kappa shape index (κ1) is 13.5. The zero-order valence-electron chi connectivity index (χ0n) is 11.3. The molecule has 1 N–H and O–H groups in total. The maximum absolute atomic E-state index is 11.9. The molecule has 1 saturated carbocycles. The lowest BCUT2D eigenvalue weighted by Crippen LogP contribution is -2.38. The third-order valence-corrected chi connectivity index (χ3v) is 3.22. The lowest BCUT2D eigenvalue weighted by molar-refractivity contribution is -0.114. The summed E-state index contributed by atoms with van der Waals surface area (Å²) in [7, 11) is 0. The standard InChI is InChI=1S/C15H18N2O2/c1-15(2)8-12(14(17-19)13(18)9-15)16-10-11-6-4-3-5-7-11/h3-7,19H,8-10H2,1-2H3/b16-12?,17-14-.